The number of phosphoric ester groups is 2. The van der Waals surface area contributed by atoms with Crippen LogP contribution < -0.4 is 32.3 Å². The molecule has 6 atom stereocenters. The van der Waals surface area contributed by atoms with Gasteiger partial charge in [0.15, 0.2) is 0 Å². The Kier molecular flexibility index (Phi) is 85.4. The molecule has 0 radical (unpaired) electrons. The molecule has 0 aliphatic carbocycles. The maximum Gasteiger partial charge on any atom is 0.475 e. The van der Waals surface area contributed by atoms with E-state index in [2.05, 4.69) is 81.3 Å². The van der Waals surface area contributed by atoms with Gasteiger partial charge in [0.25, 0.3) is 0 Å². The van der Waals surface area contributed by atoms with Crippen LogP contribution in [-0.4, -0.2) is 139 Å². The Hall–Kier alpha value is -3.27. The van der Waals surface area contributed by atoms with Gasteiger partial charge in [0.1, 0.15) is 5.60 Å². The van der Waals surface area contributed by atoms with Crippen LogP contribution in [0.4, 0.5) is 4.79 Å². The fourth-order valence-corrected chi connectivity index (χ4v) is 16.1. The molecule has 0 saturated heterocycles. The molecule has 0 heterocycles. The molecule has 5 amide bonds. The van der Waals surface area contributed by atoms with Crippen molar-refractivity contribution in [2.24, 2.45) is 5.73 Å². The highest BCUT2D eigenvalue weighted by molar-refractivity contribution is 7.48. The van der Waals surface area contributed by atoms with Crippen LogP contribution >= 0.6 is 15.6 Å². The van der Waals surface area contributed by atoms with Gasteiger partial charge in [-0.3, -0.25) is 46.3 Å². The van der Waals surface area contributed by atoms with E-state index in [0.29, 0.717) is 51.7 Å². The van der Waals surface area contributed by atoms with E-state index in [9.17, 15) is 33.1 Å². The Balaban J connectivity index is 0. The molecule has 0 aromatic heterocycles. The minimum absolute atomic E-state index is 0.00301. The second kappa shape index (κ2) is 86.3. The third-order valence-corrected chi connectivity index (χ3v) is 23.5. The topological polar surface area (TPSA) is 289 Å². The lowest BCUT2D eigenvalue weighted by atomic mass is 10.0. The number of ether oxygens (including phenoxy) is 3. The number of hydrogen-bond acceptors (Lipinski definition) is 17. The van der Waals surface area contributed by atoms with Crippen molar-refractivity contribution in [2.75, 3.05) is 79.2 Å². The Labute approximate surface area is 717 Å². The first-order valence-electron chi connectivity index (χ1n) is 48.0. The van der Waals surface area contributed by atoms with Gasteiger partial charge >= 0.3 is 21.7 Å². The van der Waals surface area contributed by atoms with Crippen LogP contribution in [0.5, 0.6) is 0 Å². The number of carbonyl (C=O) groups excluding carboxylic acids is 5. The lowest BCUT2D eigenvalue weighted by molar-refractivity contribution is -0.123. The number of carbonyl (C=O) groups is 5. The van der Waals surface area contributed by atoms with Gasteiger partial charge in [-0.1, -0.05) is 349 Å². The molecule has 0 aromatic carbocycles. The van der Waals surface area contributed by atoms with E-state index in [1.54, 1.807) is 20.8 Å². The summed E-state index contributed by atoms with van der Waals surface area (Å²) in [5, 5.41) is 15.2. The molecule has 0 bridgehead atoms. The maximum atomic E-state index is 13.6. The molecule has 692 valence electrons. The maximum absolute atomic E-state index is 13.6. The molecule has 0 spiro atoms. The van der Waals surface area contributed by atoms with E-state index in [0.717, 1.165) is 103 Å². The average molecular weight is 1700 g/mol. The first-order chi connectivity index (χ1) is 56.7. The second-order valence-corrected chi connectivity index (χ2v) is 36.8. The van der Waals surface area contributed by atoms with Crippen LogP contribution in [0, 0.1) is 0 Å². The first-order valence-corrected chi connectivity index (χ1v) is 50.9. The number of nitrogens with two attached hydrogens (primary N) is 1. The van der Waals surface area contributed by atoms with Gasteiger partial charge in [-0.15, -0.1) is 13.2 Å². The van der Waals surface area contributed by atoms with Crippen molar-refractivity contribution in [2.45, 2.75) is 464 Å². The highest BCUT2D eigenvalue weighted by Gasteiger charge is 2.31. The molecule has 22 nitrogen and oxygen atoms in total. The smallest absolute Gasteiger partial charge is 0.444 e. The van der Waals surface area contributed by atoms with Crippen molar-refractivity contribution in [1.82, 2.24) is 26.6 Å². The van der Waals surface area contributed by atoms with Crippen molar-refractivity contribution >= 4 is 45.4 Å². The SMILES string of the molecule is C=CCOP(=O)(OCCN)OC[C@@H](COCC[C@H](CCCCCCC)NC(=O)CCCCCCCCCCC)NC(=O)CCCCCCCCCCCCC.C=CCOP(=O)(OCCNC(=O)OC(C)(C)C)OC[C@@H](COCC[C@H](CCCCCCC)NC(=O)CCCCCCCCCCC)NC(=O)CCCCCCCCCCCCC. The van der Waals surface area contributed by atoms with Gasteiger partial charge in [0, 0.05) is 64.1 Å². The molecule has 7 N–H and O–H groups in total. The second-order valence-electron chi connectivity index (χ2n) is 33.5. The Morgan fingerprint density at radius 2 is 0.581 bits per heavy atom. The monoisotopic (exact) mass is 1700 g/mol. The zero-order valence-electron chi connectivity index (χ0n) is 76.9. The summed E-state index contributed by atoms with van der Waals surface area (Å²) in [4.78, 5) is 64.2. The largest absolute Gasteiger partial charge is 0.475 e. The molecule has 0 fully saturated rings. The third-order valence-electron chi connectivity index (χ3n) is 20.6. The summed E-state index contributed by atoms with van der Waals surface area (Å²) in [6.45, 7) is 26.6. The van der Waals surface area contributed by atoms with Crippen molar-refractivity contribution in [3.05, 3.63) is 25.3 Å². The molecular formula is C93H184N6O16P2. The number of rotatable bonds is 89. The molecule has 0 aromatic rings. The highest BCUT2D eigenvalue weighted by Crippen LogP contribution is 2.50. The predicted octanol–water partition coefficient (Wildman–Crippen LogP) is 24.9. The summed E-state index contributed by atoms with van der Waals surface area (Å²) in [6.07, 6.45) is 67.4. The van der Waals surface area contributed by atoms with Crippen molar-refractivity contribution < 1.29 is 74.5 Å². The average Bonchev–Trinajstić information content (AvgIpc) is 0.886. The molecule has 0 rings (SSSR count). The number of unbranched alkanes of at least 4 members (excludes halogenated alkanes) is 44. The lowest BCUT2D eigenvalue weighted by Crippen LogP contribution is -2.42. The van der Waals surface area contributed by atoms with Gasteiger partial charge in [-0.2, -0.15) is 0 Å². The van der Waals surface area contributed by atoms with E-state index in [4.69, 9.17) is 47.1 Å². The summed E-state index contributed by atoms with van der Waals surface area (Å²) in [5.74, 6) is 0.00180. The molecule has 24 heteroatoms. The van der Waals surface area contributed by atoms with Crippen molar-refractivity contribution in [1.29, 1.82) is 0 Å². The van der Waals surface area contributed by atoms with E-state index in [-0.39, 0.29) is 102 Å². The fraction of sp³-hybridized carbons (Fsp3) is 0.903. The van der Waals surface area contributed by atoms with Crippen molar-refractivity contribution in [3.8, 4) is 0 Å². The summed E-state index contributed by atoms with van der Waals surface area (Å²) in [7, 11) is -8.03. The zero-order chi connectivity index (χ0) is 86.5. The van der Waals surface area contributed by atoms with E-state index < -0.39 is 39.4 Å². The zero-order valence-corrected chi connectivity index (χ0v) is 78.7. The lowest BCUT2D eigenvalue weighted by Gasteiger charge is -2.24. The van der Waals surface area contributed by atoms with Crippen molar-refractivity contribution in [3.63, 3.8) is 0 Å². The van der Waals surface area contributed by atoms with Crippen LogP contribution in [-0.2, 0) is 69.7 Å². The number of nitrogens with one attached hydrogen (secondary N) is 5. The van der Waals surface area contributed by atoms with E-state index in [1.165, 1.54) is 243 Å². The summed E-state index contributed by atoms with van der Waals surface area (Å²) < 4.78 is 77.4. The number of alkyl carbamates (subject to hydrolysis) is 1. The van der Waals surface area contributed by atoms with Crippen LogP contribution in [0.2, 0.25) is 0 Å². The van der Waals surface area contributed by atoms with Crippen LogP contribution in [0.15, 0.2) is 25.3 Å². The van der Waals surface area contributed by atoms with E-state index in [1.807, 2.05) is 0 Å². The Bertz CT molecular complexity index is 2380. The summed E-state index contributed by atoms with van der Waals surface area (Å²) >= 11 is 0. The number of phosphoric acid groups is 2. The fourth-order valence-electron chi connectivity index (χ4n) is 13.7. The van der Waals surface area contributed by atoms with Gasteiger partial charge in [-0.05, 0) is 72.1 Å². The normalized spacial score (nSPS) is 13.6. The molecule has 117 heavy (non-hydrogen) atoms. The summed E-state index contributed by atoms with van der Waals surface area (Å²) in [6, 6.07) is -1.15. The quantitative estimate of drug-likeness (QED) is 0.0187. The standard InChI is InChI=1S/C49H96N3O9P.C44H88N3O7P/c1-8-12-15-18-20-22-23-25-27-30-33-36-47(54)52-45(43-60-62(56,58-39-11-4)59-41-38-50-48(55)61-49(5,6)7)42-57-40-37-44(34-31-28-17-14-10-3)51-46(53)35-32-29-26-24-21-19-16-13-9-2;1-5-9-12-15-17-19-20-22-24-27-30-33-44(49)47-42(40-54-55(50,52-36-8-4)53-38-35-45)39-51-37-34-41(31-28-25-14-11-7-3)46-43(48)32-29-26-23-21-18-16-13-10-6-2/h11,44-45H,4,8-10,12-43H2,1-3,5-7H3,(H,50,55)(H,51,53)(H,52,54);8,41-42H,4-7,9-40,45H2,1-3H3,(H,46,48)(H,47,49)/t44-,45+,62?;41-,42+,55?/m00/s1. The molecular weight excluding hydrogens is 1520 g/mol. The molecule has 2 unspecified atom stereocenters. The molecule has 0 aliphatic rings. The minimum Gasteiger partial charge on any atom is -0.444 e. The van der Waals surface area contributed by atoms with Gasteiger partial charge < -0.3 is 46.5 Å². The third kappa shape index (κ3) is 83.4. The van der Waals surface area contributed by atoms with Gasteiger partial charge in [-0.25, -0.2) is 13.9 Å². The van der Waals surface area contributed by atoms with Crippen LogP contribution in [0.3, 0.4) is 0 Å². The Morgan fingerprint density at radius 3 is 0.846 bits per heavy atom. The van der Waals surface area contributed by atoms with Gasteiger partial charge in [0.05, 0.1) is 64.9 Å². The number of amides is 5. The molecule has 0 saturated carbocycles. The van der Waals surface area contributed by atoms with Crippen LogP contribution in [0.25, 0.3) is 0 Å². The first kappa shape index (κ1) is 116. The van der Waals surface area contributed by atoms with Gasteiger partial charge in [0.2, 0.25) is 23.6 Å². The summed E-state index contributed by atoms with van der Waals surface area (Å²) in [5.41, 5.74) is 4.90. The van der Waals surface area contributed by atoms with Crippen LogP contribution in [0.1, 0.15) is 435 Å². The minimum atomic E-state index is -4.11. The highest BCUT2D eigenvalue weighted by atomic mass is 31.2. The molecule has 0 aliphatic heterocycles. The Morgan fingerprint density at radius 1 is 0.325 bits per heavy atom. The van der Waals surface area contributed by atoms with E-state index >= 15 is 0 Å². The number of hydrogen-bond donors (Lipinski definition) is 6. The predicted molar refractivity (Wildman–Crippen MR) is 486 cm³/mol.